The maximum absolute atomic E-state index is 13.0. The number of rotatable bonds is 4. The SMILES string of the molecule is F[P-](F)(F)(F)(F)F.O=C1CCCN1[P+](N1CCCC1)(N1CCCC1)n1nnc2ccccc21. The van der Waals surface area contributed by atoms with Crippen LogP contribution in [0.4, 0.5) is 25.2 Å². The number of carbonyl (C=O) groups is 1. The van der Waals surface area contributed by atoms with E-state index in [2.05, 4.69) is 40.9 Å². The van der Waals surface area contributed by atoms with E-state index in [1.807, 2.05) is 12.1 Å². The molecule has 0 atom stereocenters. The molecule has 33 heavy (non-hydrogen) atoms. The normalized spacial score (nSPS) is 23.0. The largest absolute Gasteiger partial charge is 0.381 e. The summed E-state index contributed by atoms with van der Waals surface area (Å²) in [5.41, 5.74) is 1.97. The van der Waals surface area contributed by atoms with Gasteiger partial charge in [-0.2, -0.15) is 4.67 Å². The number of benzene rings is 1. The van der Waals surface area contributed by atoms with Gasteiger partial charge in [0.1, 0.15) is 11.0 Å². The Hall–Kier alpha value is -1.55. The van der Waals surface area contributed by atoms with E-state index < -0.39 is 15.7 Å². The molecule has 3 fully saturated rings. The van der Waals surface area contributed by atoms with Crippen molar-refractivity contribution in [3.8, 4) is 0 Å². The number of nitrogens with zero attached hydrogens (tertiary/aromatic N) is 6. The Morgan fingerprint density at radius 1 is 0.788 bits per heavy atom. The molecule has 2 aromatic rings. The van der Waals surface area contributed by atoms with Gasteiger partial charge in [-0.15, -0.1) is 14.4 Å². The summed E-state index contributed by atoms with van der Waals surface area (Å²) in [4.78, 5) is 13.0. The van der Waals surface area contributed by atoms with Gasteiger partial charge in [-0.3, -0.25) is 4.79 Å². The van der Waals surface area contributed by atoms with Crippen LogP contribution in [0.15, 0.2) is 24.3 Å². The minimum absolute atomic E-state index is 0.289. The van der Waals surface area contributed by atoms with Crippen LogP contribution in [0.5, 0.6) is 0 Å². The van der Waals surface area contributed by atoms with Crippen molar-refractivity contribution in [3.63, 3.8) is 0 Å². The van der Waals surface area contributed by atoms with Crippen LogP contribution in [0.2, 0.25) is 0 Å². The van der Waals surface area contributed by atoms with Crippen LogP contribution < -0.4 is 0 Å². The summed E-state index contributed by atoms with van der Waals surface area (Å²) < 4.78 is 68.7. The minimum atomic E-state index is -10.7. The average molecular weight is 518 g/mol. The number of amides is 1. The fraction of sp³-hybridized carbons (Fsp3) is 0.611. The molecular formula is C18H26F6N6OP2. The molecule has 0 saturated carbocycles. The minimum Gasteiger partial charge on any atom is -0.271 e. The van der Waals surface area contributed by atoms with Gasteiger partial charge >= 0.3 is 40.9 Å². The molecule has 3 saturated heterocycles. The number of para-hydroxylation sites is 1. The van der Waals surface area contributed by atoms with Crippen LogP contribution in [0.3, 0.4) is 0 Å². The summed E-state index contributed by atoms with van der Waals surface area (Å²) in [6, 6.07) is 8.19. The van der Waals surface area contributed by atoms with Gasteiger partial charge < -0.3 is 0 Å². The predicted molar refractivity (Wildman–Crippen MR) is 116 cm³/mol. The van der Waals surface area contributed by atoms with E-state index in [1.165, 1.54) is 25.7 Å². The summed E-state index contributed by atoms with van der Waals surface area (Å²) in [6.45, 7) is 5.02. The molecule has 7 nitrogen and oxygen atoms in total. The average Bonchev–Trinajstić information content (AvgIpc) is 3.50. The quantitative estimate of drug-likeness (QED) is 0.359. The Kier molecular flexibility index (Phi) is 5.96. The molecule has 3 aliphatic heterocycles. The topological polar surface area (TPSA) is 57.5 Å². The molecule has 1 aromatic carbocycles. The number of aromatic nitrogens is 3. The summed E-state index contributed by atoms with van der Waals surface area (Å²) in [5.74, 6) is 0.289. The summed E-state index contributed by atoms with van der Waals surface area (Å²) >= 11 is 0. The Morgan fingerprint density at radius 3 is 1.79 bits per heavy atom. The number of carbonyl (C=O) groups excluding carboxylic acids is 1. The van der Waals surface area contributed by atoms with Gasteiger partial charge in [-0.05, 0) is 49.5 Å². The van der Waals surface area contributed by atoms with E-state index >= 15 is 0 Å². The first-order valence-electron chi connectivity index (χ1n) is 10.9. The molecule has 186 valence electrons. The molecule has 0 aliphatic carbocycles. The standard InChI is InChI=1S/C18H26N6OP.F6P/c25-18-10-7-15-23(18)26(21-11-3-4-12-21,22-13-5-6-14-22)24-17-9-2-1-8-16(17)19-20-24;1-7(2,3,4,5)6/h1-2,8-9H,3-7,10-15H2;/q+1;-1. The second-order valence-electron chi connectivity index (χ2n) is 8.40. The van der Waals surface area contributed by atoms with E-state index in [1.54, 1.807) is 0 Å². The zero-order valence-electron chi connectivity index (χ0n) is 17.8. The van der Waals surface area contributed by atoms with Crippen LogP contribution in [0.1, 0.15) is 38.5 Å². The van der Waals surface area contributed by atoms with Crippen molar-refractivity contribution in [1.82, 2.24) is 28.8 Å². The molecule has 3 aliphatic rings. The molecule has 1 aromatic heterocycles. The van der Waals surface area contributed by atoms with Crippen molar-refractivity contribution in [2.24, 2.45) is 0 Å². The molecule has 0 N–H and O–H groups in total. The third kappa shape index (κ3) is 5.58. The first-order valence-corrected chi connectivity index (χ1v) is 14.5. The maximum Gasteiger partial charge on any atom is 0.381 e. The van der Waals surface area contributed by atoms with Crippen molar-refractivity contribution in [2.45, 2.75) is 38.5 Å². The molecule has 0 spiro atoms. The monoisotopic (exact) mass is 518 g/mol. The second-order valence-corrected chi connectivity index (χ2v) is 13.4. The summed E-state index contributed by atoms with van der Waals surface area (Å²) in [5, 5.41) is 9.15. The van der Waals surface area contributed by atoms with E-state index in [0.29, 0.717) is 6.42 Å². The number of hydrogen-bond donors (Lipinski definition) is 0. The molecule has 0 bridgehead atoms. The van der Waals surface area contributed by atoms with Gasteiger partial charge in [-0.25, -0.2) is 0 Å². The molecular weight excluding hydrogens is 492 g/mol. The van der Waals surface area contributed by atoms with Gasteiger partial charge in [-0.1, -0.05) is 16.6 Å². The molecule has 0 radical (unpaired) electrons. The van der Waals surface area contributed by atoms with Gasteiger partial charge in [0, 0.05) is 32.6 Å². The predicted octanol–water partition coefficient (Wildman–Crippen LogP) is 6.15. The Labute approximate surface area is 187 Å². The van der Waals surface area contributed by atoms with Crippen LogP contribution in [-0.4, -0.2) is 67.4 Å². The van der Waals surface area contributed by atoms with Crippen molar-refractivity contribution in [1.29, 1.82) is 0 Å². The Bertz CT molecular complexity index is 993. The molecule has 4 heterocycles. The van der Waals surface area contributed by atoms with Gasteiger partial charge in [0.25, 0.3) is 5.91 Å². The zero-order valence-corrected chi connectivity index (χ0v) is 19.6. The van der Waals surface area contributed by atoms with Gasteiger partial charge in [0.05, 0.1) is 6.54 Å². The van der Waals surface area contributed by atoms with Crippen LogP contribution >= 0.6 is 15.7 Å². The van der Waals surface area contributed by atoms with Gasteiger partial charge in [0.2, 0.25) is 0 Å². The molecule has 5 rings (SSSR count). The maximum atomic E-state index is 13.0. The van der Waals surface area contributed by atoms with Crippen molar-refractivity contribution in [3.05, 3.63) is 24.3 Å². The van der Waals surface area contributed by atoms with Crippen molar-refractivity contribution in [2.75, 3.05) is 32.7 Å². The Morgan fingerprint density at radius 2 is 1.30 bits per heavy atom. The first kappa shape index (κ1) is 24.6. The second kappa shape index (κ2) is 8.00. The third-order valence-corrected chi connectivity index (χ3v) is 10.1. The number of fused-ring (bicyclic) bond motifs is 1. The smallest absolute Gasteiger partial charge is 0.271 e. The fourth-order valence-electron chi connectivity index (χ4n) is 4.74. The number of hydrogen-bond acceptors (Lipinski definition) is 5. The summed E-state index contributed by atoms with van der Waals surface area (Å²) in [7, 11) is -12.9. The van der Waals surface area contributed by atoms with Crippen LogP contribution in [0.25, 0.3) is 11.0 Å². The van der Waals surface area contributed by atoms with Gasteiger partial charge in [0.15, 0.2) is 0 Å². The van der Waals surface area contributed by atoms with E-state index in [4.69, 9.17) is 0 Å². The van der Waals surface area contributed by atoms with E-state index in [0.717, 1.165) is 50.2 Å². The van der Waals surface area contributed by atoms with E-state index in [9.17, 15) is 30.0 Å². The van der Waals surface area contributed by atoms with Crippen molar-refractivity contribution < 1.29 is 30.0 Å². The molecule has 0 unspecified atom stereocenters. The molecule has 1 amide bonds. The fourth-order valence-corrected chi connectivity index (χ4v) is 9.44. The van der Waals surface area contributed by atoms with Crippen LogP contribution in [-0.2, 0) is 4.79 Å². The van der Waals surface area contributed by atoms with Crippen molar-refractivity contribution >= 4 is 32.6 Å². The molecule has 15 heteroatoms. The van der Waals surface area contributed by atoms with E-state index in [-0.39, 0.29) is 5.91 Å². The zero-order chi connectivity index (χ0) is 24.0. The first-order chi connectivity index (χ1) is 15.3. The third-order valence-electron chi connectivity index (χ3n) is 5.88. The summed E-state index contributed by atoms with van der Waals surface area (Å²) in [6.07, 6.45) is 6.41. The van der Waals surface area contributed by atoms with Crippen LogP contribution in [0, 0.1) is 0 Å². The number of halogens is 6. The Balaban J connectivity index is 0.000000325.